The van der Waals surface area contributed by atoms with E-state index in [1.165, 1.54) is 0 Å². The Balaban J connectivity index is 1.85. The van der Waals surface area contributed by atoms with Crippen LogP contribution in [0.2, 0.25) is 0 Å². The zero-order valence-corrected chi connectivity index (χ0v) is 16.5. The molecule has 0 amide bonds. The number of benzene rings is 3. The number of nitrogens with zero attached hydrogens (tertiary/aromatic N) is 3. The predicted molar refractivity (Wildman–Crippen MR) is 111 cm³/mol. The van der Waals surface area contributed by atoms with Crippen molar-refractivity contribution in [2.24, 2.45) is 5.11 Å². The number of hydrogen-bond acceptors (Lipinski definition) is 5. The van der Waals surface area contributed by atoms with Gasteiger partial charge >= 0.3 is 7.82 Å². The Bertz CT molecular complexity index is 935. The molecule has 0 aliphatic rings. The highest BCUT2D eigenvalue weighted by atomic mass is 31.2. The van der Waals surface area contributed by atoms with E-state index in [4.69, 9.17) is 19.1 Å². The van der Waals surface area contributed by atoms with Gasteiger partial charge in [0.25, 0.3) is 0 Å². The van der Waals surface area contributed by atoms with Gasteiger partial charge < -0.3 is 9.05 Å². The summed E-state index contributed by atoms with van der Waals surface area (Å²) in [7, 11) is -4.08. The minimum atomic E-state index is -4.08. The highest BCUT2D eigenvalue weighted by Gasteiger charge is 2.34. The van der Waals surface area contributed by atoms with Crippen LogP contribution in [0.1, 0.15) is 5.56 Å². The van der Waals surface area contributed by atoms with E-state index in [0.29, 0.717) is 17.9 Å². The quantitative estimate of drug-likeness (QED) is 0.173. The van der Waals surface area contributed by atoms with Crippen LogP contribution in [0, 0.1) is 0 Å². The van der Waals surface area contributed by atoms with Crippen LogP contribution < -0.4 is 9.05 Å². The molecule has 29 heavy (non-hydrogen) atoms. The maximum absolute atomic E-state index is 13.5. The van der Waals surface area contributed by atoms with E-state index >= 15 is 0 Å². The van der Waals surface area contributed by atoms with Crippen LogP contribution >= 0.6 is 7.82 Å². The minimum Gasteiger partial charge on any atom is -0.395 e. The van der Waals surface area contributed by atoms with Gasteiger partial charge in [0.2, 0.25) is 0 Å². The van der Waals surface area contributed by atoms with Crippen molar-refractivity contribution < 1.29 is 18.1 Å². The molecule has 0 bridgehead atoms. The van der Waals surface area contributed by atoms with Crippen LogP contribution in [0.5, 0.6) is 11.5 Å². The molecule has 0 saturated heterocycles. The first-order valence-electron chi connectivity index (χ1n) is 8.99. The highest BCUT2D eigenvalue weighted by Crippen LogP contribution is 2.50. The normalized spacial score (nSPS) is 11.9. The van der Waals surface area contributed by atoms with E-state index in [0.717, 1.165) is 5.56 Å². The second-order valence-corrected chi connectivity index (χ2v) is 7.56. The molecule has 0 aromatic heterocycles. The zero-order valence-electron chi connectivity index (χ0n) is 15.6. The second kappa shape index (κ2) is 10.3. The van der Waals surface area contributed by atoms with Crippen molar-refractivity contribution in [3.63, 3.8) is 0 Å². The largest absolute Gasteiger partial charge is 0.587 e. The van der Waals surface area contributed by atoms with Crippen molar-refractivity contribution in [2.45, 2.75) is 12.5 Å². The summed E-state index contributed by atoms with van der Waals surface area (Å²) in [6, 6.07) is 26.8. The smallest absolute Gasteiger partial charge is 0.395 e. The Morgan fingerprint density at radius 3 is 1.79 bits per heavy atom. The molecule has 0 aliphatic heterocycles. The van der Waals surface area contributed by atoms with Gasteiger partial charge in [-0.3, -0.25) is 4.52 Å². The van der Waals surface area contributed by atoms with Gasteiger partial charge in [-0.05, 0) is 41.8 Å². The van der Waals surface area contributed by atoms with Gasteiger partial charge in [0.1, 0.15) is 11.5 Å². The van der Waals surface area contributed by atoms with Crippen LogP contribution in [0.4, 0.5) is 0 Å². The third kappa shape index (κ3) is 6.70. The maximum Gasteiger partial charge on any atom is 0.587 e. The number of hydrogen-bond donors (Lipinski definition) is 0. The summed E-state index contributed by atoms with van der Waals surface area (Å²) in [4.78, 5) is 2.79. The molecule has 3 aromatic rings. The lowest BCUT2D eigenvalue weighted by Gasteiger charge is -2.23. The first kappa shape index (κ1) is 20.5. The number of rotatable bonds is 10. The summed E-state index contributed by atoms with van der Waals surface area (Å²) in [5, 5.41) is 3.59. The molecule has 3 aromatic carbocycles. The summed E-state index contributed by atoms with van der Waals surface area (Å²) in [5.74, 6) is 0.683. The van der Waals surface area contributed by atoms with E-state index in [1.54, 1.807) is 48.5 Å². The summed E-state index contributed by atoms with van der Waals surface area (Å²) >= 11 is 0. The fraction of sp³-hybridized carbons (Fsp3) is 0.143. The number of phosphoric ester groups is 1. The van der Waals surface area contributed by atoms with Gasteiger partial charge in [-0.2, -0.15) is 0 Å². The summed E-state index contributed by atoms with van der Waals surface area (Å²) < 4.78 is 30.6. The van der Waals surface area contributed by atoms with Crippen molar-refractivity contribution in [1.29, 1.82) is 0 Å². The molecule has 0 saturated carbocycles. The summed E-state index contributed by atoms with van der Waals surface area (Å²) in [5.41, 5.74) is 9.66. The molecule has 148 valence electrons. The lowest BCUT2D eigenvalue weighted by atomic mass is 10.1. The molecule has 0 radical (unpaired) electrons. The fourth-order valence-electron chi connectivity index (χ4n) is 2.60. The third-order valence-corrected chi connectivity index (χ3v) is 5.28. The average molecular weight is 409 g/mol. The molecule has 8 heteroatoms. The van der Waals surface area contributed by atoms with E-state index in [9.17, 15) is 4.57 Å². The lowest BCUT2D eigenvalue weighted by Crippen LogP contribution is -2.21. The summed E-state index contributed by atoms with van der Waals surface area (Å²) in [6.07, 6.45) is -0.327. The van der Waals surface area contributed by atoms with Gasteiger partial charge in [-0.1, -0.05) is 71.8 Å². The fourth-order valence-corrected chi connectivity index (χ4v) is 3.99. The Kier molecular flexibility index (Phi) is 7.31. The van der Waals surface area contributed by atoms with E-state index in [-0.39, 0.29) is 6.54 Å². The minimum absolute atomic E-state index is 0.0221. The van der Waals surface area contributed by atoms with Gasteiger partial charge in [0.05, 0.1) is 12.6 Å². The molecular weight excluding hydrogens is 389 g/mol. The highest BCUT2D eigenvalue weighted by molar-refractivity contribution is 7.49. The van der Waals surface area contributed by atoms with E-state index in [1.807, 2.05) is 42.5 Å². The Hall–Kier alpha value is -3.24. The predicted octanol–water partition coefficient (Wildman–Crippen LogP) is 6.19. The molecular formula is C21H20N3O4P. The Morgan fingerprint density at radius 2 is 1.31 bits per heavy atom. The van der Waals surface area contributed by atoms with Crippen LogP contribution in [0.25, 0.3) is 10.4 Å². The molecule has 7 nitrogen and oxygen atoms in total. The first-order valence-corrected chi connectivity index (χ1v) is 10.5. The Labute approximate surface area is 169 Å². The van der Waals surface area contributed by atoms with Crippen molar-refractivity contribution in [3.8, 4) is 11.5 Å². The van der Waals surface area contributed by atoms with Crippen molar-refractivity contribution in [2.75, 3.05) is 6.54 Å². The zero-order chi connectivity index (χ0) is 20.4. The molecule has 0 N–H and O–H groups in total. The van der Waals surface area contributed by atoms with Crippen molar-refractivity contribution in [1.82, 2.24) is 0 Å². The van der Waals surface area contributed by atoms with Crippen LogP contribution in [-0.2, 0) is 15.5 Å². The SMILES string of the molecule is [N-]=[N+]=NCC(Cc1ccccc1)OP(=O)(Oc1ccccc1)Oc1ccccc1. The van der Waals surface area contributed by atoms with Crippen molar-refractivity contribution in [3.05, 3.63) is 107 Å². The molecule has 0 fully saturated rings. The Morgan fingerprint density at radius 1 is 0.828 bits per heavy atom. The molecule has 0 spiro atoms. The van der Waals surface area contributed by atoms with Gasteiger partial charge in [-0.15, -0.1) is 0 Å². The van der Waals surface area contributed by atoms with E-state index < -0.39 is 13.9 Å². The monoisotopic (exact) mass is 409 g/mol. The van der Waals surface area contributed by atoms with Crippen molar-refractivity contribution >= 4 is 7.82 Å². The van der Waals surface area contributed by atoms with Crippen LogP contribution in [0.15, 0.2) is 96.1 Å². The molecule has 0 heterocycles. The number of para-hydroxylation sites is 2. The standard InChI is InChI=1S/C21H20N3O4P/c22-24-23-17-21(16-18-10-4-1-5-11-18)28-29(25,26-19-12-6-2-7-13-19)27-20-14-8-3-9-15-20/h1-15,21H,16-17H2. The topological polar surface area (TPSA) is 93.5 Å². The molecule has 1 atom stereocenters. The second-order valence-electron chi connectivity index (χ2n) is 6.09. The van der Waals surface area contributed by atoms with E-state index in [2.05, 4.69) is 10.0 Å². The third-order valence-electron chi connectivity index (χ3n) is 3.85. The maximum atomic E-state index is 13.5. The van der Waals surface area contributed by atoms with Crippen LogP contribution in [0.3, 0.4) is 0 Å². The van der Waals surface area contributed by atoms with Gasteiger partial charge in [-0.25, -0.2) is 4.57 Å². The van der Waals surface area contributed by atoms with Gasteiger partial charge in [0.15, 0.2) is 0 Å². The first-order chi connectivity index (χ1) is 14.2. The molecule has 3 rings (SSSR count). The average Bonchev–Trinajstić information content (AvgIpc) is 2.74. The molecule has 0 aliphatic carbocycles. The van der Waals surface area contributed by atoms with Gasteiger partial charge in [0, 0.05) is 4.91 Å². The molecule has 1 unspecified atom stereocenters. The summed E-state index contributed by atoms with van der Waals surface area (Å²) in [6.45, 7) is -0.0221. The number of azide groups is 1. The van der Waals surface area contributed by atoms with Crippen LogP contribution in [-0.4, -0.2) is 12.6 Å². The number of phosphoric acid groups is 1. The lowest BCUT2D eigenvalue weighted by molar-refractivity contribution is 0.147.